The third-order valence-corrected chi connectivity index (χ3v) is 4.02. The Morgan fingerprint density at radius 1 is 1.25 bits per heavy atom. The lowest BCUT2D eigenvalue weighted by atomic mass is 10.00. The lowest BCUT2D eigenvalue weighted by Crippen LogP contribution is -2.22. The summed E-state index contributed by atoms with van der Waals surface area (Å²) in [6.07, 6.45) is 4.93. The normalized spacial score (nSPS) is 14.5. The maximum Gasteiger partial charge on any atom is 0.0657 e. The van der Waals surface area contributed by atoms with Crippen molar-refractivity contribution in [3.63, 3.8) is 0 Å². The van der Waals surface area contributed by atoms with Crippen molar-refractivity contribution in [2.45, 2.75) is 71.9 Å². The van der Waals surface area contributed by atoms with E-state index in [1.54, 1.807) is 7.11 Å². The van der Waals surface area contributed by atoms with Crippen LogP contribution in [0.25, 0.3) is 0 Å². The summed E-state index contributed by atoms with van der Waals surface area (Å²) in [6.45, 7) is 9.51. The van der Waals surface area contributed by atoms with Crippen molar-refractivity contribution in [2.24, 2.45) is 5.73 Å². The van der Waals surface area contributed by atoms with Crippen LogP contribution in [0.3, 0.4) is 0 Å². The van der Waals surface area contributed by atoms with Crippen LogP contribution in [-0.4, -0.2) is 29.5 Å². The minimum atomic E-state index is 0.234. The van der Waals surface area contributed by atoms with Gasteiger partial charge in [0.15, 0.2) is 0 Å². The molecule has 0 spiro atoms. The first-order chi connectivity index (χ1) is 9.58. The van der Waals surface area contributed by atoms with Gasteiger partial charge < -0.3 is 10.5 Å². The Bertz CT molecular complexity index is 401. The van der Waals surface area contributed by atoms with Crippen LogP contribution in [0.1, 0.15) is 63.5 Å². The van der Waals surface area contributed by atoms with Crippen LogP contribution in [0, 0.1) is 0 Å². The number of nitrogens with two attached hydrogens (primary N) is 1. The monoisotopic (exact) mass is 281 g/mol. The van der Waals surface area contributed by atoms with E-state index in [0.29, 0.717) is 6.04 Å². The van der Waals surface area contributed by atoms with Crippen LogP contribution in [0.5, 0.6) is 0 Å². The van der Waals surface area contributed by atoms with Crippen LogP contribution in [0.2, 0.25) is 0 Å². The van der Waals surface area contributed by atoms with E-state index in [0.717, 1.165) is 38.7 Å². The Hall–Kier alpha value is -0.870. The number of rotatable bonds is 9. The minimum Gasteiger partial charge on any atom is -0.385 e. The topological polar surface area (TPSA) is 53.1 Å². The van der Waals surface area contributed by atoms with E-state index >= 15 is 0 Å². The molecular weight excluding hydrogens is 250 g/mol. The number of nitrogens with zero attached hydrogens (tertiary/aromatic N) is 2. The third-order valence-electron chi connectivity index (χ3n) is 4.02. The fourth-order valence-electron chi connectivity index (χ4n) is 2.63. The van der Waals surface area contributed by atoms with Crippen LogP contribution in [0.4, 0.5) is 0 Å². The highest BCUT2D eigenvalue weighted by Crippen LogP contribution is 2.23. The van der Waals surface area contributed by atoms with Gasteiger partial charge in [0.2, 0.25) is 0 Å². The summed E-state index contributed by atoms with van der Waals surface area (Å²) in [7, 11) is 1.75. The van der Waals surface area contributed by atoms with Crippen LogP contribution < -0.4 is 5.73 Å². The highest BCUT2D eigenvalue weighted by molar-refractivity contribution is 5.28. The number of aryl methyl sites for hydroxylation is 1. The van der Waals surface area contributed by atoms with Crippen molar-refractivity contribution < 1.29 is 4.74 Å². The van der Waals surface area contributed by atoms with Gasteiger partial charge in [0.25, 0.3) is 0 Å². The lowest BCUT2D eigenvalue weighted by Gasteiger charge is -2.16. The second-order valence-electron chi connectivity index (χ2n) is 5.53. The number of hydrogen-bond donors (Lipinski definition) is 1. The smallest absolute Gasteiger partial charge is 0.0657 e. The maximum atomic E-state index is 6.16. The largest absolute Gasteiger partial charge is 0.385 e. The molecule has 1 aromatic rings. The molecule has 0 aliphatic carbocycles. The van der Waals surface area contributed by atoms with Gasteiger partial charge in [-0.25, -0.2) is 0 Å². The minimum absolute atomic E-state index is 0.234. The Morgan fingerprint density at radius 3 is 2.45 bits per heavy atom. The summed E-state index contributed by atoms with van der Waals surface area (Å²) < 4.78 is 7.40. The van der Waals surface area contributed by atoms with Crippen molar-refractivity contribution in [1.29, 1.82) is 0 Å². The molecule has 2 N–H and O–H groups in total. The van der Waals surface area contributed by atoms with Crippen molar-refractivity contribution >= 4 is 0 Å². The molecule has 1 aromatic heterocycles. The molecule has 0 fully saturated rings. The average Bonchev–Trinajstić information content (AvgIpc) is 2.82. The average molecular weight is 281 g/mol. The summed E-state index contributed by atoms with van der Waals surface area (Å²) in [4.78, 5) is 0. The zero-order chi connectivity index (χ0) is 15.1. The van der Waals surface area contributed by atoms with E-state index in [1.807, 2.05) is 0 Å². The second-order valence-corrected chi connectivity index (χ2v) is 5.53. The predicted molar refractivity (Wildman–Crippen MR) is 84.2 cm³/mol. The van der Waals surface area contributed by atoms with Crippen molar-refractivity contribution in [1.82, 2.24) is 9.78 Å². The van der Waals surface area contributed by atoms with Gasteiger partial charge in [0, 0.05) is 25.5 Å². The van der Waals surface area contributed by atoms with Crippen molar-refractivity contribution in [2.75, 3.05) is 13.7 Å². The van der Waals surface area contributed by atoms with Gasteiger partial charge in [-0.2, -0.15) is 5.10 Å². The molecule has 0 saturated carbocycles. The molecule has 0 saturated heterocycles. The van der Waals surface area contributed by atoms with E-state index in [1.165, 1.54) is 17.0 Å². The zero-order valence-electron chi connectivity index (χ0n) is 13.8. The molecule has 2 atom stereocenters. The number of hydrogen-bond acceptors (Lipinski definition) is 3. The first-order valence-corrected chi connectivity index (χ1v) is 7.92. The van der Waals surface area contributed by atoms with E-state index in [4.69, 9.17) is 15.6 Å². The molecule has 116 valence electrons. The number of aromatic nitrogens is 2. The van der Waals surface area contributed by atoms with Crippen LogP contribution in [-0.2, 0) is 24.0 Å². The summed E-state index contributed by atoms with van der Waals surface area (Å²) in [6, 6.07) is 0.610. The SMILES string of the molecule is CCc1nn(C(C)CCOC)c(CC)c1CC(N)CC. The van der Waals surface area contributed by atoms with Gasteiger partial charge >= 0.3 is 0 Å². The first-order valence-electron chi connectivity index (χ1n) is 7.92. The van der Waals surface area contributed by atoms with E-state index in [2.05, 4.69) is 32.4 Å². The number of ether oxygens (including phenoxy) is 1. The zero-order valence-corrected chi connectivity index (χ0v) is 13.8. The fraction of sp³-hybridized carbons (Fsp3) is 0.812. The molecule has 0 aliphatic heterocycles. The van der Waals surface area contributed by atoms with Crippen molar-refractivity contribution in [3.05, 3.63) is 17.0 Å². The number of methoxy groups -OCH3 is 1. The van der Waals surface area contributed by atoms with Gasteiger partial charge in [0.05, 0.1) is 11.7 Å². The van der Waals surface area contributed by atoms with Gasteiger partial charge in [-0.3, -0.25) is 4.68 Å². The molecule has 0 aromatic carbocycles. The molecule has 0 radical (unpaired) electrons. The Morgan fingerprint density at radius 2 is 1.95 bits per heavy atom. The van der Waals surface area contributed by atoms with Gasteiger partial charge in [-0.15, -0.1) is 0 Å². The quantitative estimate of drug-likeness (QED) is 0.757. The summed E-state index contributed by atoms with van der Waals surface area (Å²) in [5, 5.41) is 4.85. The van der Waals surface area contributed by atoms with E-state index in [9.17, 15) is 0 Å². The van der Waals surface area contributed by atoms with Crippen LogP contribution in [0.15, 0.2) is 0 Å². The predicted octanol–water partition coefficient (Wildman–Crippen LogP) is 2.89. The summed E-state index contributed by atoms with van der Waals surface area (Å²) in [5.74, 6) is 0. The molecule has 0 aliphatic rings. The third kappa shape index (κ3) is 4.06. The summed E-state index contributed by atoms with van der Waals surface area (Å²) >= 11 is 0. The Kier molecular flexibility index (Phi) is 7.24. The van der Waals surface area contributed by atoms with Crippen LogP contribution >= 0.6 is 0 Å². The Balaban J connectivity index is 3.06. The Labute approximate surface area is 123 Å². The van der Waals surface area contributed by atoms with E-state index in [-0.39, 0.29) is 6.04 Å². The van der Waals surface area contributed by atoms with E-state index < -0.39 is 0 Å². The molecule has 20 heavy (non-hydrogen) atoms. The second kappa shape index (κ2) is 8.42. The molecule has 2 unspecified atom stereocenters. The molecular formula is C16H31N3O. The molecule has 1 rings (SSSR count). The first kappa shape index (κ1) is 17.2. The molecule has 0 amide bonds. The molecule has 4 heteroatoms. The summed E-state index contributed by atoms with van der Waals surface area (Å²) in [5.41, 5.74) is 10.1. The highest BCUT2D eigenvalue weighted by Gasteiger charge is 2.20. The van der Waals surface area contributed by atoms with Gasteiger partial charge in [-0.05, 0) is 44.6 Å². The molecule has 1 heterocycles. The van der Waals surface area contributed by atoms with Gasteiger partial charge in [0.1, 0.15) is 0 Å². The lowest BCUT2D eigenvalue weighted by molar-refractivity contribution is 0.178. The molecule has 4 nitrogen and oxygen atoms in total. The van der Waals surface area contributed by atoms with Crippen molar-refractivity contribution in [3.8, 4) is 0 Å². The van der Waals surface area contributed by atoms with Gasteiger partial charge in [-0.1, -0.05) is 20.8 Å². The fourth-order valence-corrected chi connectivity index (χ4v) is 2.63. The standard InChI is InChI=1S/C16H31N3O/c1-6-13(17)11-14-15(7-2)18-19(16(14)8-3)12(4)9-10-20-5/h12-13H,6-11,17H2,1-5H3. The highest BCUT2D eigenvalue weighted by atomic mass is 16.5. The molecule has 0 bridgehead atoms. The maximum absolute atomic E-state index is 6.16.